The smallest absolute Gasteiger partial charge is 0.257 e. The van der Waals surface area contributed by atoms with Gasteiger partial charge in [0.1, 0.15) is 6.10 Å². The molecule has 0 saturated carbocycles. The number of hydrogen-bond acceptors (Lipinski definition) is 7. The molecule has 0 aliphatic carbocycles. The van der Waals surface area contributed by atoms with Crippen LogP contribution in [0.1, 0.15) is 36.5 Å². The summed E-state index contributed by atoms with van der Waals surface area (Å²) in [5, 5.41) is 0. The van der Waals surface area contributed by atoms with Gasteiger partial charge in [-0.1, -0.05) is 12.1 Å². The summed E-state index contributed by atoms with van der Waals surface area (Å²) in [4.78, 5) is 25.8. The maximum Gasteiger partial charge on any atom is 0.257 e. The zero-order chi connectivity index (χ0) is 21.2. The number of rotatable bonds is 6. The average Bonchev–Trinajstić information content (AvgIpc) is 3.44. The second kappa shape index (κ2) is 8.70. The fourth-order valence-electron chi connectivity index (χ4n) is 4.63. The van der Waals surface area contributed by atoms with E-state index in [0.29, 0.717) is 37.8 Å². The molecule has 1 unspecified atom stereocenters. The summed E-state index contributed by atoms with van der Waals surface area (Å²) >= 11 is 0. The number of ether oxygens (including phenoxy) is 3. The van der Waals surface area contributed by atoms with Crippen LogP contribution in [0.4, 0.5) is 5.95 Å². The van der Waals surface area contributed by atoms with Crippen LogP contribution in [0.5, 0.6) is 11.5 Å². The fourth-order valence-corrected chi connectivity index (χ4v) is 4.63. The first-order valence-electron chi connectivity index (χ1n) is 11.1. The quantitative estimate of drug-likeness (QED) is 0.705. The predicted molar refractivity (Wildman–Crippen MR) is 115 cm³/mol. The molecule has 0 radical (unpaired) electrons. The number of hydrogen-bond donors (Lipinski definition) is 0. The molecule has 4 heterocycles. The molecule has 0 N–H and O–H groups in total. The topological polar surface area (TPSA) is 77.0 Å². The summed E-state index contributed by atoms with van der Waals surface area (Å²) in [6, 6.07) is 7.96. The molecule has 3 aliphatic rings. The van der Waals surface area contributed by atoms with E-state index in [0.717, 1.165) is 37.3 Å². The fraction of sp³-hybridized carbons (Fsp3) is 0.522. The number of benzene rings is 1. The molecule has 2 bridgehead atoms. The van der Waals surface area contributed by atoms with Crippen LogP contribution in [0.15, 0.2) is 36.7 Å². The summed E-state index contributed by atoms with van der Waals surface area (Å²) in [5.41, 5.74) is 0.534. The summed E-state index contributed by atoms with van der Waals surface area (Å²) in [7, 11) is 0. The van der Waals surface area contributed by atoms with Gasteiger partial charge in [-0.15, -0.1) is 0 Å². The van der Waals surface area contributed by atoms with E-state index in [2.05, 4.69) is 14.9 Å². The summed E-state index contributed by atoms with van der Waals surface area (Å²) in [6.45, 7) is 5.43. The Bertz CT molecular complexity index is 922. The Morgan fingerprint density at radius 3 is 2.71 bits per heavy atom. The van der Waals surface area contributed by atoms with Crippen LogP contribution in [-0.2, 0) is 4.74 Å². The lowest BCUT2D eigenvalue weighted by molar-refractivity contribution is 0.0258. The van der Waals surface area contributed by atoms with Crippen molar-refractivity contribution in [2.75, 3.05) is 37.7 Å². The lowest BCUT2D eigenvalue weighted by Crippen LogP contribution is -2.42. The van der Waals surface area contributed by atoms with Crippen molar-refractivity contribution in [3.63, 3.8) is 0 Å². The van der Waals surface area contributed by atoms with E-state index in [1.807, 2.05) is 36.1 Å². The van der Waals surface area contributed by atoms with Gasteiger partial charge < -0.3 is 24.0 Å². The molecule has 1 amide bonds. The van der Waals surface area contributed by atoms with E-state index in [1.165, 1.54) is 0 Å². The first-order valence-corrected chi connectivity index (χ1v) is 11.1. The van der Waals surface area contributed by atoms with Crippen LogP contribution in [-0.4, -0.2) is 71.9 Å². The third-order valence-corrected chi connectivity index (χ3v) is 6.15. The molecule has 3 saturated heterocycles. The van der Waals surface area contributed by atoms with Gasteiger partial charge >= 0.3 is 0 Å². The lowest BCUT2D eigenvalue weighted by Gasteiger charge is -2.33. The molecular weight excluding hydrogens is 396 g/mol. The number of anilines is 1. The van der Waals surface area contributed by atoms with E-state index in [-0.39, 0.29) is 24.2 Å². The molecule has 1 aromatic heterocycles. The van der Waals surface area contributed by atoms with Crippen molar-refractivity contribution in [2.45, 2.75) is 44.4 Å². The molecule has 0 spiro atoms. The van der Waals surface area contributed by atoms with Crippen molar-refractivity contribution < 1.29 is 19.0 Å². The van der Waals surface area contributed by atoms with Crippen LogP contribution in [0.2, 0.25) is 0 Å². The molecule has 3 aliphatic heterocycles. The number of piperidine rings is 1. The standard InChI is InChI=1S/C23H28N4O4/c1-2-29-20-7-3-4-8-21(20)31-18-6-5-9-26(13-18)23-24-11-16(12-25-23)22(28)27-14-19-10-17(27)15-30-19/h3-4,7-8,11-12,17-19H,2,5-6,9-10,13-15H2,1H3/t17-,18?,19-/m1/s1. The molecule has 3 atom stereocenters. The molecule has 1 aromatic carbocycles. The predicted octanol–water partition coefficient (Wildman–Crippen LogP) is 2.54. The number of aromatic nitrogens is 2. The third-order valence-electron chi connectivity index (χ3n) is 6.15. The van der Waals surface area contributed by atoms with Gasteiger partial charge in [-0.05, 0) is 38.3 Å². The lowest BCUT2D eigenvalue weighted by atomic mass is 10.1. The summed E-state index contributed by atoms with van der Waals surface area (Å²) in [5.74, 6) is 2.16. The minimum atomic E-state index is -0.00487. The van der Waals surface area contributed by atoms with E-state index in [4.69, 9.17) is 14.2 Å². The third kappa shape index (κ3) is 4.17. The van der Waals surface area contributed by atoms with Gasteiger partial charge in [0.05, 0.1) is 37.5 Å². The number of fused-ring (bicyclic) bond motifs is 2. The Labute approximate surface area is 182 Å². The van der Waals surface area contributed by atoms with Gasteiger partial charge in [0.2, 0.25) is 5.95 Å². The van der Waals surface area contributed by atoms with Gasteiger partial charge in [-0.25, -0.2) is 9.97 Å². The molecule has 3 fully saturated rings. The molecular formula is C23H28N4O4. The second-order valence-electron chi connectivity index (χ2n) is 8.28. The van der Waals surface area contributed by atoms with Crippen molar-refractivity contribution in [3.8, 4) is 11.5 Å². The highest BCUT2D eigenvalue weighted by molar-refractivity contribution is 5.94. The van der Waals surface area contributed by atoms with E-state index >= 15 is 0 Å². The zero-order valence-corrected chi connectivity index (χ0v) is 17.8. The number of likely N-dealkylation sites (tertiary alicyclic amines) is 1. The molecule has 31 heavy (non-hydrogen) atoms. The highest BCUT2D eigenvalue weighted by Gasteiger charge is 2.41. The zero-order valence-electron chi connectivity index (χ0n) is 17.8. The van der Waals surface area contributed by atoms with Crippen molar-refractivity contribution >= 4 is 11.9 Å². The first-order chi connectivity index (χ1) is 15.2. The second-order valence-corrected chi connectivity index (χ2v) is 8.28. The number of carbonyl (C=O) groups is 1. The number of carbonyl (C=O) groups excluding carboxylic acids is 1. The minimum absolute atomic E-state index is 0.00487. The van der Waals surface area contributed by atoms with Crippen molar-refractivity contribution in [1.29, 1.82) is 0 Å². The number of para-hydroxylation sites is 2. The van der Waals surface area contributed by atoms with Gasteiger partial charge in [-0.3, -0.25) is 4.79 Å². The Morgan fingerprint density at radius 2 is 2.00 bits per heavy atom. The Morgan fingerprint density at radius 1 is 1.19 bits per heavy atom. The molecule has 2 aromatic rings. The minimum Gasteiger partial charge on any atom is -0.490 e. The van der Waals surface area contributed by atoms with Crippen LogP contribution >= 0.6 is 0 Å². The van der Waals surface area contributed by atoms with Crippen LogP contribution in [0, 0.1) is 0 Å². The largest absolute Gasteiger partial charge is 0.490 e. The Balaban J connectivity index is 1.23. The summed E-state index contributed by atoms with van der Waals surface area (Å²) in [6.07, 6.45) is 6.40. The number of amides is 1. The van der Waals surface area contributed by atoms with Gasteiger partial charge in [0.15, 0.2) is 11.5 Å². The van der Waals surface area contributed by atoms with E-state index in [9.17, 15) is 4.79 Å². The monoisotopic (exact) mass is 424 g/mol. The Hall–Kier alpha value is -2.87. The number of morpholine rings is 1. The highest BCUT2D eigenvalue weighted by atomic mass is 16.5. The van der Waals surface area contributed by atoms with Gasteiger partial charge in [0.25, 0.3) is 5.91 Å². The molecule has 5 rings (SSSR count). The van der Waals surface area contributed by atoms with Crippen molar-refractivity contribution in [1.82, 2.24) is 14.9 Å². The SMILES string of the molecule is CCOc1ccccc1OC1CCCN(c2ncc(C(=O)N3C[C@H]4C[C@@H]3CO4)cn2)C1. The number of nitrogens with zero attached hydrogens (tertiary/aromatic N) is 4. The van der Waals surface area contributed by atoms with Crippen LogP contribution in [0.25, 0.3) is 0 Å². The maximum atomic E-state index is 12.8. The maximum absolute atomic E-state index is 12.8. The van der Waals surface area contributed by atoms with Crippen LogP contribution < -0.4 is 14.4 Å². The Kier molecular flexibility index (Phi) is 5.63. The van der Waals surface area contributed by atoms with Gasteiger partial charge in [0, 0.05) is 25.5 Å². The molecule has 8 heteroatoms. The van der Waals surface area contributed by atoms with E-state index in [1.54, 1.807) is 12.4 Å². The van der Waals surface area contributed by atoms with Gasteiger partial charge in [-0.2, -0.15) is 0 Å². The first kappa shape index (κ1) is 20.1. The highest BCUT2D eigenvalue weighted by Crippen LogP contribution is 2.30. The van der Waals surface area contributed by atoms with Crippen LogP contribution in [0.3, 0.4) is 0 Å². The molecule has 8 nitrogen and oxygen atoms in total. The average molecular weight is 425 g/mol. The normalized spacial score (nSPS) is 25.0. The van der Waals surface area contributed by atoms with Crippen molar-refractivity contribution in [2.24, 2.45) is 0 Å². The van der Waals surface area contributed by atoms with Crippen molar-refractivity contribution in [3.05, 3.63) is 42.2 Å². The summed E-state index contributed by atoms with van der Waals surface area (Å²) < 4.78 is 17.5. The molecule has 164 valence electrons. The van der Waals surface area contributed by atoms with E-state index < -0.39 is 0 Å².